The molecule has 1 aliphatic heterocycles. The molecule has 1 amide bonds. The third-order valence-electron chi connectivity index (χ3n) is 5.59. The van der Waals surface area contributed by atoms with Crippen LogP contribution in [-0.2, 0) is 11.3 Å². The van der Waals surface area contributed by atoms with Crippen LogP contribution in [0.5, 0.6) is 0 Å². The predicted molar refractivity (Wildman–Crippen MR) is 119 cm³/mol. The Hall–Kier alpha value is -3.41. The zero-order chi connectivity index (χ0) is 20.9. The van der Waals surface area contributed by atoms with Crippen LogP contribution in [-0.4, -0.2) is 28.8 Å². The third kappa shape index (κ3) is 4.59. The highest BCUT2D eigenvalue weighted by Gasteiger charge is 2.26. The molecule has 0 saturated carbocycles. The van der Waals surface area contributed by atoms with Gasteiger partial charge in [0.15, 0.2) is 0 Å². The Kier molecular flexibility index (Phi) is 5.93. The molecule has 154 valence electrons. The van der Waals surface area contributed by atoms with Gasteiger partial charge in [-0.2, -0.15) is 5.10 Å². The van der Waals surface area contributed by atoms with Crippen LogP contribution >= 0.6 is 0 Å². The number of nitrogens with zero attached hydrogens (tertiary/aromatic N) is 3. The van der Waals surface area contributed by atoms with E-state index in [0.717, 1.165) is 41.9 Å². The molecule has 1 unspecified atom stereocenters. The Labute approximate surface area is 176 Å². The van der Waals surface area contributed by atoms with Gasteiger partial charge >= 0.3 is 0 Å². The van der Waals surface area contributed by atoms with Gasteiger partial charge in [-0.05, 0) is 37.0 Å². The summed E-state index contributed by atoms with van der Waals surface area (Å²) in [6.45, 7) is 3.83. The molecule has 0 radical (unpaired) electrons. The van der Waals surface area contributed by atoms with E-state index in [0.29, 0.717) is 13.1 Å². The van der Waals surface area contributed by atoms with Crippen molar-refractivity contribution >= 4 is 17.3 Å². The number of hydrogen-bond donors (Lipinski definition) is 1. The standard InChI is InChI=1S/C24H26N4O2/c1-18-8-5-6-12-22(18)26-24(30)20-11-7-13-27(17-20)21-14-23(29)28(25-15-21)16-19-9-3-2-4-10-19/h2-6,8-10,12,14-15,20H,7,11,13,16-17H2,1H3,(H,26,30). The number of carbonyl (C=O) groups excluding carboxylic acids is 1. The normalized spacial score (nSPS) is 16.3. The molecule has 2 heterocycles. The lowest BCUT2D eigenvalue weighted by Gasteiger charge is -2.33. The minimum atomic E-state index is -0.136. The van der Waals surface area contributed by atoms with E-state index >= 15 is 0 Å². The second kappa shape index (κ2) is 8.95. The zero-order valence-corrected chi connectivity index (χ0v) is 17.1. The SMILES string of the molecule is Cc1ccccc1NC(=O)C1CCCN(c2cnn(Cc3ccccc3)c(=O)c2)C1. The van der Waals surface area contributed by atoms with E-state index in [1.165, 1.54) is 4.68 Å². The first-order valence-corrected chi connectivity index (χ1v) is 10.3. The number of benzene rings is 2. The highest BCUT2D eigenvalue weighted by Crippen LogP contribution is 2.23. The van der Waals surface area contributed by atoms with Crippen molar-refractivity contribution in [2.75, 3.05) is 23.3 Å². The summed E-state index contributed by atoms with van der Waals surface area (Å²) in [5, 5.41) is 7.41. The summed E-state index contributed by atoms with van der Waals surface area (Å²) in [5.74, 6) is -0.0931. The largest absolute Gasteiger partial charge is 0.369 e. The number of anilines is 2. The Balaban J connectivity index is 1.44. The number of hydrogen-bond acceptors (Lipinski definition) is 4. The van der Waals surface area contributed by atoms with Crippen molar-refractivity contribution in [3.8, 4) is 0 Å². The molecule has 6 nitrogen and oxygen atoms in total. The van der Waals surface area contributed by atoms with E-state index in [1.807, 2.05) is 61.5 Å². The molecule has 1 aromatic heterocycles. The molecule has 4 rings (SSSR count). The fourth-order valence-electron chi connectivity index (χ4n) is 3.85. The van der Waals surface area contributed by atoms with Crippen LogP contribution in [0.15, 0.2) is 71.7 Å². The van der Waals surface area contributed by atoms with Gasteiger partial charge < -0.3 is 10.2 Å². The Bertz CT molecular complexity index is 1080. The van der Waals surface area contributed by atoms with Gasteiger partial charge in [0, 0.05) is 24.8 Å². The quantitative estimate of drug-likeness (QED) is 0.710. The first-order chi connectivity index (χ1) is 14.6. The molecule has 6 heteroatoms. The van der Waals surface area contributed by atoms with Crippen LogP contribution in [0.3, 0.4) is 0 Å². The summed E-state index contributed by atoms with van der Waals surface area (Å²) >= 11 is 0. The van der Waals surface area contributed by atoms with E-state index < -0.39 is 0 Å². The lowest BCUT2D eigenvalue weighted by molar-refractivity contribution is -0.120. The number of piperidine rings is 1. The molecular weight excluding hydrogens is 376 g/mol. The first kappa shape index (κ1) is 19.9. The molecule has 1 fully saturated rings. The summed E-state index contributed by atoms with van der Waals surface area (Å²) < 4.78 is 1.46. The molecule has 2 aromatic carbocycles. The second-order valence-electron chi connectivity index (χ2n) is 7.78. The van der Waals surface area contributed by atoms with Crippen LogP contribution in [0, 0.1) is 12.8 Å². The molecule has 0 bridgehead atoms. The van der Waals surface area contributed by atoms with Crippen molar-refractivity contribution in [1.82, 2.24) is 9.78 Å². The molecule has 1 saturated heterocycles. The predicted octanol–water partition coefficient (Wildman–Crippen LogP) is 3.46. The van der Waals surface area contributed by atoms with Crippen molar-refractivity contribution in [2.24, 2.45) is 5.92 Å². The van der Waals surface area contributed by atoms with Crippen molar-refractivity contribution in [3.63, 3.8) is 0 Å². The molecule has 1 N–H and O–H groups in total. The summed E-state index contributed by atoms with van der Waals surface area (Å²) in [6.07, 6.45) is 3.47. The maximum Gasteiger partial charge on any atom is 0.269 e. The highest BCUT2D eigenvalue weighted by atomic mass is 16.2. The van der Waals surface area contributed by atoms with Crippen LogP contribution in [0.4, 0.5) is 11.4 Å². The molecule has 0 aliphatic carbocycles. The molecule has 30 heavy (non-hydrogen) atoms. The maximum atomic E-state index is 12.8. The van der Waals surface area contributed by atoms with Gasteiger partial charge in [0.1, 0.15) is 0 Å². The van der Waals surface area contributed by atoms with Crippen LogP contribution in [0.25, 0.3) is 0 Å². The molecule has 3 aromatic rings. The average molecular weight is 402 g/mol. The zero-order valence-electron chi connectivity index (χ0n) is 17.1. The summed E-state index contributed by atoms with van der Waals surface area (Å²) in [6, 6.07) is 19.2. The second-order valence-corrected chi connectivity index (χ2v) is 7.78. The number of aryl methyl sites for hydroxylation is 1. The van der Waals surface area contributed by atoms with E-state index in [9.17, 15) is 9.59 Å². The maximum absolute atomic E-state index is 12.8. The van der Waals surface area contributed by atoms with Crippen LogP contribution < -0.4 is 15.8 Å². The Morgan fingerprint density at radius 2 is 1.90 bits per heavy atom. The number of amides is 1. The Morgan fingerprint density at radius 1 is 1.13 bits per heavy atom. The number of aromatic nitrogens is 2. The highest BCUT2D eigenvalue weighted by molar-refractivity contribution is 5.93. The van der Waals surface area contributed by atoms with Gasteiger partial charge in [0.2, 0.25) is 5.91 Å². The van der Waals surface area contributed by atoms with Crippen molar-refractivity contribution in [1.29, 1.82) is 0 Å². The monoisotopic (exact) mass is 402 g/mol. The minimum Gasteiger partial charge on any atom is -0.369 e. The van der Waals surface area contributed by atoms with Crippen molar-refractivity contribution in [3.05, 3.63) is 88.3 Å². The van der Waals surface area contributed by atoms with E-state index in [4.69, 9.17) is 0 Å². The van der Waals surface area contributed by atoms with Crippen molar-refractivity contribution < 1.29 is 4.79 Å². The smallest absolute Gasteiger partial charge is 0.269 e. The number of nitrogens with one attached hydrogen (secondary N) is 1. The van der Waals surface area contributed by atoms with Crippen LogP contribution in [0.1, 0.15) is 24.0 Å². The summed E-state index contributed by atoms with van der Waals surface area (Å²) in [4.78, 5) is 27.5. The molecule has 1 atom stereocenters. The van der Waals surface area contributed by atoms with Gasteiger partial charge in [-0.3, -0.25) is 9.59 Å². The third-order valence-corrected chi connectivity index (χ3v) is 5.59. The fourth-order valence-corrected chi connectivity index (χ4v) is 3.85. The van der Waals surface area contributed by atoms with Crippen LogP contribution in [0.2, 0.25) is 0 Å². The molecule has 1 aliphatic rings. The fraction of sp³-hybridized carbons (Fsp3) is 0.292. The van der Waals surface area contributed by atoms with E-state index in [-0.39, 0.29) is 17.4 Å². The molecule has 0 spiro atoms. The number of carbonyl (C=O) groups is 1. The van der Waals surface area contributed by atoms with Crippen molar-refractivity contribution in [2.45, 2.75) is 26.3 Å². The van der Waals surface area contributed by atoms with Gasteiger partial charge in [0.25, 0.3) is 5.56 Å². The number of para-hydroxylation sites is 1. The lowest BCUT2D eigenvalue weighted by Crippen LogP contribution is -2.41. The van der Waals surface area contributed by atoms with Gasteiger partial charge in [-0.1, -0.05) is 48.5 Å². The molecular formula is C24H26N4O2. The van der Waals surface area contributed by atoms with E-state index in [1.54, 1.807) is 12.3 Å². The lowest BCUT2D eigenvalue weighted by atomic mass is 9.96. The first-order valence-electron chi connectivity index (χ1n) is 10.3. The minimum absolute atomic E-state index is 0.0272. The summed E-state index contributed by atoms with van der Waals surface area (Å²) in [7, 11) is 0. The Morgan fingerprint density at radius 3 is 2.67 bits per heavy atom. The van der Waals surface area contributed by atoms with Gasteiger partial charge in [-0.25, -0.2) is 4.68 Å². The number of rotatable bonds is 5. The average Bonchev–Trinajstić information content (AvgIpc) is 2.77. The van der Waals surface area contributed by atoms with E-state index in [2.05, 4.69) is 15.3 Å². The van der Waals surface area contributed by atoms with Gasteiger partial charge in [-0.15, -0.1) is 0 Å². The van der Waals surface area contributed by atoms with Gasteiger partial charge in [0.05, 0.1) is 24.3 Å². The topological polar surface area (TPSA) is 67.2 Å². The summed E-state index contributed by atoms with van der Waals surface area (Å²) in [5.41, 5.74) is 3.57.